The Hall–Kier alpha value is -1.63. The van der Waals surface area contributed by atoms with Gasteiger partial charge >= 0.3 is 6.18 Å². The lowest BCUT2D eigenvalue weighted by Gasteiger charge is -2.17. The van der Waals surface area contributed by atoms with Crippen LogP contribution in [0.3, 0.4) is 0 Å². The predicted octanol–water partition coefficient (Wildman–Crippen LogP) is 3.58. The molecule has 2 aromatic rings. The first kappa shape index (κ1) is 15.8. The van der Waals surface area contributed by atoms with E-state index in [4.69, 9.17) is 0 Å². The van der Waals surface area contributed by atoms with Gasteiger partial charge in [0.15, 0.2) is 5.82 Å². The monoisotopic (exact) mass is 303 g/mol. The minimum Gasteiger partial charge on any atom is -0.327 e. The van der Waals surface area contributed by atoms with E-state index in [0.717, 1.165) is 0 Å². The minimum atomic E-state index is -4.18. The topological polar surface area (TPSA) is 21.1 Å². The van der Waals surface area contributed by atoms with E-state index in [-0.39, 0.29) is 18.6 Å². The van der Waals surface area contributed by atoms with Crippen molar-refractivity contribution >= 4 is 11.0 Å². The fourth-order valence-electron chi connectivity index (χ4n) is 2.27. The van der Waals surface area contributed by atoms with Crippen LogP contribution in [0.25, 0.3) is 11.0 Å². The molecule has 0 unspecified atom stereocenters. The molecule has 0 fully saturated rings. The molecule has 0 atom stereocenters. The Balaban J connectivity index is 2.20. The van der Waals surface area contributed by atoms with Gasteiger partial charge in [-0.1, -0.05) is 6.07 Å². The molecule has 0 N–H and O–H groups in total. The third-order valence-corrected chi connectivity index (χ3v) is 3.31. The van der Waals surface area contributed by atoms with Crippen LogP contribution in [0.15, 0.2) is 18.2 Å². The van der Waals surface area contributed by atoms with Gasteiger partial charge in [0, 0.05) is 13.1 Å². The van der Waals surface area contributed by atoms with Crippen LogP contribution >= 0.6 is 0 Å². The number of rotatable bonds is 5. The fourth-order valence-corrected chi connectivity index (χ4v) is 2.27. The van der Waals surface area contributed by atoms with Crippen molar-refractivity contribution in [1.82, 2.24) is 14.5 Å². The van der Waals surface area contributed by atoms with E-state index in [9.17, 15) is 17.6 Å². The number of fused-ring (bicyclic) bond motifs is 1. The lowest BCUT2D eigenvalue weighted by Crippen LogP contribution is -2.25. The number of nitrogens with zero attached hydrogens (tertiary/aromatic N) is 3. The molecule has 0 saturated heterocycles. The summed E-state index contributed by atoms with van der Waals surface area (Å²) in [5.41, 5.74) is 0.926. The van der Waals surface area contributed by atoms with Crippen molar-refractivity contribution in [2.24, 2.45) is 0 Å². The Morgan fingerprint density at radius 2 is 2.00 bits per heavy atom. The van der Waals surface area contributed by atoms with Gasteiger partial charge in [-0.25, -0.2) is 9.37 Å². The number of para-hydroxylation sites is 1. The highest BCUT2D eigenvalue weighted by molar-refractivity contribution is 5.76. The predicted molar refractivity (Wildman–Crippen MR) is 72.4 cm³/mol. The van der Waals surface area contributed by atoms with Crippen LogP contribution in [0.4, 0.5) is 17.6 Å². The Kier molecular flexibility index (Phi) is 4.51. The standard InChI is InChI=1S/C14H17F4N3/c1-3-21-11-6-4-5-10(15)13(11)19-12(21)9-20(2)8-7-14(16,17)18/h4-6H,3,7-9H2,1-2H3. The summed E-state index contributed by atoms with van der Waals surface area (Å²) in [6.07, 6.45) is -5.05. The van der Waals surface area contributed by atoms with Crippen LogP contribution in [0, 0.1) is 5.82 Å². The van der Waals surface area contributed by atoms with Crippen molar-refractivity contribution in [3.8, 4) is 0 Å². The summed E-state index contributed by atoms with van der Waals surface area (Å²) in [5.74, 6) is 0.154. The van der Waals surface area contributed by atoms with E-state index < -0.39 is 18.4 Å². The maximum absolute atomic E-state index is 13.7. The second-order valence-corrected chi connectivity index (χ2v) is 4.98. The largest absolute Gasteiger partial charge is 0.390 e. The van der Waals surface area contributed by atoms with Crippen LogP contribution in [0.2, 0.25) is 0 Å². The number of alkyl halides is 3. The van der Waals surface area contributed by atoms with Crippen LogP contribution in [0.1, 0.15) is 19.2 Å². The van der Waals surface area contributed by atoms with Crippen LogP contribution in [0.5, 0.6) is 0 Å². The quantitative estimate of drug-likeness (QED) is 0.787. The van der Waals surface area contributed by atoms with E-state index in [1.165, 1.54) is 6.07 Å². The van der Waals surface area contributed by atoms with E-state index >= 15 is 0 Å². The first-order chi connectivity index (χ1) is 9.81. The minimum absolute atomic E-state index is 0.112. The highest BCUT2D eigenvalue weighted by atomic mass is 19.4. The fraction of sp³-hybridized carbons (Fsp3) is 0.500. The van der Waals surface area contributed by atoms with Crippen molar-refractivity contribution in [2.75, 3.05) is 13.6 Å². The molecule has 0 aliphatic rings. The van der Waals surface area contributed by atoms with Gasteiger partial charge in [0.05, 0.1) is 18.5 Å². The molecule has 0 spiro atoms. The molecular formula is C14H17F4N3. The number of hydrogen-bond acceptors (Lipinski definition) is 2. The van der Waals surface area contributed by atoms with Crippen LogP contribution in [-0.4, -0.2) is 34.2 Å². The highest BCUT2D eigenvalue weighted by Crippen LogP contribution is 2.22. The number of aryl methyl sites for hydroxylation is 1. The van der Waals surface area contributed by atoms with Crippen molar-refractivity contribution in [2.45, 2.75) is 32.6 Å². The van der Waals surface area contributed by atoms with Gasteiger partial charge in [-0.15, -0.1) is 0 Å². The average Bonchev–Trinajstić information content (AvgIpc) is 2.74. The van der Waals surface area contributed by atoms with Gasteiger partial charge < -0.3 is 4.57 Å². The van der Waals surface area contributed by atoms with Gasteiger partial charge in [-0.05, 0) is 26.1 Å². The van der Waals surface area contributed by atoms with Crippen LogP contribution in [-0.2, 0) is 13.1 Å². The van der Waals surface area contributed by atoms with Crippen molar-refractivity contribution in [3.63, 3.8) is 0 Å². The molecule has 1 heterocycles. The van der Waals surface area contributed by atoms with Crippen LogP contribution < -0.4 is 0 Å². The summed E-state index contributed by atoms with van der Waals surface area (Å²) >= 11 is 0. The van der Waals surface area contributed by atoms with E-state index in [0.29, 0.717) is 17.9 Å². The number of hydrogen-bond donors (Lipinski definition) is 0. The van der Waals surface area contributed by atoms with Crippen molar-refractivity contribution in [1.29, 1.82) is 0 Å². The van der Waals surface area contributed by atoms with Gasteiger partial charge in [0.1, 0.15) is 11.3 Å². The molecule has 1 aromatic heterocycles. The smallest absolute Gasteiger partial charge is 0.327 e. The second-order valence-electron chi connectivity index (χ2n) is 4.98. The second kappa shape index (κ2) is 6.01. The number of benzene rings is 1. The number of halogens is 4. The number of aromatic nitrogens is 2. The summed E-state index contributed by atoms with van der Waals surface area (Å²) in [6.45, 7) is 2.62. The molecule has 3 nitrogen and oxygen atoms in total. The molecule has 21 heavy (non-hydrogen) atoms. The lowest BCUT2D eigenvalue weighted by atomic mass is 10.3. The third-order valence-electron chi connectivity index (χ3n) is 3.31. The summed E-state index contributed by atoms with van der Waals surface area (Å²) in [6, 6.07) is 4.68. The molecule has 116 valence electrons. The molecule has 0 aliphatic heterocycles. The molecule has 0 saturated carbocycles. The normalized spacial score (nSPS) is 12.5. The van der Waals surface area contributed by atoms with Gasteiger partial charge in [0.2, 0.25) is 0 Å². The Labute approximate surface area is 120 Å². The zero-order valence-corrected chi connectivity index (χ0v) is 11.9. The van der Waals surface area contributed by atoms with Gasteiger partial charge in [-0.3, -0.25) is 4.90 Å². The SMILES string of the molecule is CCn1c(CN(C)CCC(F)(F)F)nc2c(F)cccc21. The first-order valence-electron chi connectivity index (χ1n) is 6.70. The number of imidazole rings is 1. The van der Waals surface area contributed by atoms with Crippen molar-refractivity contribution < 1.29 is 17.6 Å². The molecule has 2 rings (SSSR count). The van der Waals surface area contributed by atoms with Gasteiger partial charge in [0.25, 0.3) is 0 Å². The molecule has 0 bridgehead atoms. The zero-order chi connectivity index (χ0) is 15.6. The Bertz CT molecular complexity index is 618. The highest BCUT2D eigenvalue weighted by Gasteiger charge is 2.27. The average molecular weight is 303 g/mol. The lowest BCUT2D eigenvalue weighted by molar-refractivity contribution is -0.137. The first-order valence-corrected chi connectivity index (χ1v) is 6.70. The van der Waals surface area contributed by atoms with E-state index in [1.54, 1.807) is 24.1 Å². The molecular weight excluding hydrogens is 286 g/mol. The maximum atomic E-state index is 13.7. The summed E-state index contributed by atoms with van der Waals surface area (Å²) in [7, 11) is 1.60. The summed E-state index contributed by atoms with van der Waals surface area (Å²) in [5, 5.41) is 0. The maximum Gasteiger partial charge on any atom is 0.390 e. The Morgan fingerprint density at radius 1 is 1.29 bits per heavy atom. The molecule has 7 heteroatoms. The molecule has 1 aromatic carbocycles. The summed E-state index contributed by atoms with van der Waals surface area (Å²) < 4.78 is 52.2. The molecule has 0 aliphatic carbocycles. The van der Waals surface area contributed by atoms with Gasteiger partial charge in [-0.2, -0.15) is 13.2 Å². The summed E-state index contributed by atoms with van der Waals surface area (Å²) in [4.78, 5) is 5.77. The van der Waals surface area contributed by atoms with E-state index in [1.807, 2.05) is 11.5 Å². The van der Waals surface area contributed by atoms with Crippen molar-refractivity contribution in [3.05, 3.63) is 29.8 Å². The van der Waals surface area contributed by atoms with E-state index in [2.05, 4.69) is 4.98 Å². The zero-order valence-electron chi connectivity index (χ0n) is 11.9. The third kappa shape index (κ3) is 3.72. The molecule has 0 radical (unpaired) electrons. The molecule has 0 amide bonds. The Morgan fingerprint density at radius 3 is 2.62 bits per heavy atom.